The van der Waals surface area contributed by atoms with Gasteiger partial charge in [-0.25, -0.2) is 8.42 Å². The minimum Gasteiger partial charge on any atom is -0.412 e. The van der Waals surface area contributed by atoms with E-state index in [-0.39, 0.29) is 29.1 Å². The molecule has 1 aliphatic heterocycles. The third-order valence-electron chi connectivity index (χ3n) is 5.94. The van der Waals surface area contributed by atoms with Crippen molar-refractivity contribution >= 4 is 28.2 Å². The summed E-state index contributed by atoms with van der Waals surface area (Å²) in [5, 5.41) is 10.6. The molecule has 0 aliphatic carbocycles. The first-order valence-electron chi connectivity index (χ1n) is 11.1. The molecule has 0 atom stereocenters. The number of nitrogens with one attached hydrogen (secondary N) is 1. The maximum atomic E-state index is 12.4. The molecule has 1 saturated heterocycles. The molecule has 10 heteroatoms. The highest BCUT2D eigenvalue weighted by Crippen LogP contribution is 2.22. The van der Waals surface area contributed by atoms with Gasteiger partial charge in [-0.2, -0.15) is 0 Å². The molecule has 2 aromatic carbocycles. The van der Waals surface area contributed by atoms with E-state index in [2.05, 4.69) is 44.7 Å². The molecule has 1 aromatic heterocycles. The predicted octanol–water partition coefficient (Wildman–Crippen LogP) is 3.59. The summed E-state index contributed by atoms with van der Waals surface area (Å²) in [6.45, 7) is 3.68. The summed E-state index contributed by atoms with van der Waals surface area (Å²) in [7, 11) is -3.28. The zero-order chi connectivity index (χ0) is 23.3. The molecule has 0 spiro atoms. The minimum atomic E-state index is -3.28. The summed E-state index contributed by atoms with van der Waals surface area (Å²) in [6, 6.07) is 16.6. The zero-order valence-electron chi connectivity index (χ0n) is 19.0. The first-order chi connectivity index (χ1) is 15.9. The molecule has 182 valence electrons. The zero-order valence-corrected chi connectivity index (χ0v) is 20.6. The summed E-state index contributed by atoms with van der Waals surface area (Å²) in [4.78, 5) is 15.1. The fourth-order valence-electron chi connectivity index (χ4n) is 4.02. The number of benzene rings is 2. The molecule has 2 heterocycles. The number of halogens is 1. The van der Waals surface area contributed by atoms with Crippen LogP contribution in [0.4, 0.5) is 0 Å². The maximum Gasteiger partial charge on any atom is 0.308 e. The molecule has 1 amide bonds. The van der Waals surface area contributed by atoms with Crippen molar-refractivity contribution in [2.45, 2.75) is 30.7 Å². The van der Waals surface area contributed by atoms with Crippen LogP contribution >= 0.6 is 12.4 Å². The second-order valence-electron chi connectivity index (χ2n) is 8.46. The van der Waals surface area contributed by atoms with Gasteiger partial charge in [0.2, 0.25) is 5.89 Å². The van der Waals surface area contributed by atoms with Crippen LogP contribution in [0.2, 0.25) is 0 Å². The fraction of sp³-hybridized carbons (Fsp3) is 0.375. The molecule has 0 unspecified atom stereocenters. The van der Waals surface area contributed by atoms with Crippen LogP contribution in [0.1, 0.15) is 35.5 Å². The van der Waals surface area contributed by atoms with E-state index in [0.717, 1.165) is 45.2 Å². The lowest BCUT2D eigenvalue weighted by atomic mass is 9.93. The van der Waals surface area contributed by atoms with Gasteiger partial charge in [-0.3, -0.25) is 9.69 Å². The van der Waals surface area contributed by atoms with E-state index in [1.165, 1.54) is 17.7 Å². The lowest BCUT2D eigenvalue weighted by Gasteiger charge is -2.32. The van der Waals surface area contributed by atoms with E-state index in [1.807, 2.05) is 6.07 Å². The van der Waals surface area contributed by atoms with Gasteiger partial charge in [0.1, 0.15) is 0 Å². The van der Waals surface area contributed by atoms with E-state index in [4.69, 9.17) is 4.42 Å². The first kappa shape index (κ1) is 25.9. The Hall–Kier alpha value is -2.75. The van der Waals surface area contributed by atoms with E-state index in [0.29, 0.717) is 18.0 Å². The van der Waals surface area contributed by atoms with Crippen LogP contribution in [0.3, 0.4) is 0 Å². The number of aromatic nitrogens is 2. The number of hydrogen-bond donors (Lipinski definition) is 1. The smallest absolute Gasteiger partial charge is 0.308 e. The number of likely N-dealkylation sites (tertiary alicyclic amines) is 1. The van der Waals surface area contributed by atoms with E-state index >= 15 is 0 Å². The van der Waals surface area contributed by atoms with Gasteiger partial charge >= 0.3 is 11.8 Å². The number of carbonyl (C=O) groups excluding carboxylic acids is 1. The Balaban J connectivity index is 0.00000324. The normalized spacial score (nSPS) is 15.0. The van der Waals surface area contributed by atoms with Gasteiger partial charge in [0.15, 0.2) is 9.84 Å². The van der Waals surface area contributed by atoms with Crippen LogP contribution in [0.15, 0.2) is 63.9 Å². The molecule has 34 heavy (non-hydrogen) atoms. The Morgan fingerprint density at radius 3 is 2.38 bits per heavy atom. The van der Waals surface area contributed by atoms with Crippen LogP contribution < -0.4 is 5.32 Å². The van der Waals surface area contributed by atoms with Crippen molar-refractivity contribution in [1.29, 1.82) is 0 Å². The summed E-state index contributed by atoms with van der Waals surface area (Å²) >= 11 is 0. The van der Waals surface area contributed by atoms with Crippen LogP contribution in [0.25, 0.3) is 11.5 Å². The van der Waals surface area contributed by atoms with E-state index < -0.39 is 15.7 Å². The van der Waals surface area contributed by atoms with Crippen LogP contribution in [-0.2, 0) is 16.4 Å². The third-order valence-corrected chi connectivity index (χ3v) is 7.07. The molecule has 0 bridgehead atoms. The monoisotopic (exact) mass is 504 g/mol. The SMILES string of the molecule is CS(=O)(=O)c1ccc(-c2nnc(C(=O)NCCC3CCN(Cc4ccccc4)CC3)o2)cc1.Cl. The number of rotatable bonds is 8. The predicted molar refractivity (Wildman–Crippen MR) is 131 cm³/mol. The van der Waals surface area contributed by atoms with Crippen molar-refractivity contribution in [2.24, 2.45) is 5.92 Å². The molecule has 1 N–H and O–H groups in total. The van der Waals surface area contributed by atoms with Gasteiger partial charge in [-0.15, -0.1) is 22.6 Å². The Morgan fingerprint density at radius 1 is 1.06 bits per heavy atom. The summed E-state index contributed by atoms with van der Waals surface area (Å²) < 4.78 is 28.6. The fourth-order valence-corrected chi connectivity index (χ4v) is 4.65. The van der Waals surface area contributed by atoms with Gasteiger partial charge in [0, 0.05) is 24.9 Å². The second kappa shape index (κ2) is 11.6. The Morgan fingerprint density at radius 2 is 1.74 bits per heavy atom. The van der Waals surface area contributed by atoms with Crippen molar-refractivity contribution in [1.82, 2.24) is 20.4 Å². The second-order valence-corrected chi connectivity index (χ2v) is 10.5. The molecular formula is C24H29ClN4O4S. The molecule has 1 fully saturated rings. The standard InChI is InChI=1S/C24H28N4O4S.ClH/c1-33(30,31)21-9-7-20(8-10-21)23-26-27-24(32-23)22(29)25-14-11-18-12-15-28(16-13-18)17-19-5-3-2-4-6-19;/h2-10,18H,11-17H2,1H3,(H,25,29);1H. The molecular weight excluding hydrogens is 476 g/mol. The maximum absolute atomic E-state index is 12.4. The first-order valence-corrected chi connectivity index (χ1v) is 13.0. The van der Waals surface area contributed by atoms with Gasteiger partial charge in [-0.1, -0.05) is 30.3 Å². The van der Waals surface area contributed by atoms with Crippen molar-refractivity contribution in [3.05, 3.63) is 66.1 Å². The molecule has 0 saturated carbocycles. The summed E-state index contributed by atoms with van der Waals surface area (Å²) in [5.74, 6) is 0.257. The van der Waals surface area contributed by atoms with Gasteiger partial charge in [0.25, 0.3) is 0 Å². The number of carbonyl (C=O) groups is 1. The van der Waals surface area contributed by atoms with Crippen molar-refractivity contribution in [3.63, 3.8) is 0 Å². The molecule has 8 nitrogen and oxygen atoms in total. The highest BCUT2D eigenvalue weighted by molar-refractivity contribution is 7.90. The quantitative estimate of drug-likeness (QED) is 0.499. The Kier molecular flexibility index (Phi) is 8.82. The molecule has 0 radical (unpaired) electrons. The van der Waals surface area contributed by atoms with Crippen molar-refractivity contribution in [3.8, 4) is 11.5 Å². The van der Waals surface area contributed by atoms with Crippen LogP contribution in [0.5, 0.6) is 0 Å². The number of nitrogens with zero attached hydrogens (tertiary/aromatic N) is 3. The van der Waals surface area contributed by atoms with Gasteiger partial charge < -0.3 is 9.73 Å². The molecule has 1 aliphatic rings. The third kappa shape index (κ3) is 6.88. The topological polar surface area (TPSA) is 105 Å². The highest BCUT2D eigenvalue weighted by Gasteiger charge is 2.20. The average Bonchev–Trinajstić information content (AvgIpc) is 3.31. The number of piperidine rings is 1. The lowest BCUT2D eigenvalue weighted by Crippen LogP contribution is -2.34. The average molecular weight is 505 g/mol. The van der Waals surface area contributed by atoms with Gasteiger partial charge in [0.05, 0.1) is 4.90 Å². The van der Waals surface area contributed by atoms with Crippen molar-refractivity contribution < 1.29 is 17.6 Å². The number of sulfone groups is 1. The van der Waals surface area contributed by atoms with Gasteiger partial charge in [-0.05, 0) is 68.1 Å². The largest absolute Gasteiger partial charge is 0.412 e. The summed E-state index contributed by atoms with van der Waals surface area (Å²) in [5.41, 5.74) is 1.89. The number of hydrogen-bond acceptors (Lipinski definition) is 7. The Labute approximate surface area is 206 Å². The van der Waals surface area contributed by atoms with Crippen LogP contribution in [-0.4, -0.2) is 55.3 Å². The lowest BCUT2D eigenvalue weighted by molar-refractivity contribution is 0.0913. The highest BCUT2D eigenvalue weighted by atomic mass is 35.5. The van der Waals surface area contributed by atoms with Crippen LogP contribution in [0, 0.1) is 5.92 Å². The molecule has 3 aromatic rings. The van der Waals surface area contributed by atoms with Crippen molar-refractivity contribution in [2.75, 3.05) is 25.9 Å². The molecule has 4 rings (SSSR count). The van der Waals surface area contributed by atoms with E-state index in [1.54, 1.807) is 12.1 Å². The minimum absolute atomic E-state index is 0. The Bertz CT molecular complexity index is 1180. The van der Waals surface area contributed by atoms with E-state index in [9.17, 15) is 13.2 Å². The summed E-state index contributed by atoms with van der Waals surface area (Å²) in [6.07, 6.45) is 4.30. The number of amides is 1.